The van der Waals surface area contributed by atoms with E-state index in [0.717, 1.165) is 29.3 Å². The van der Waals surface area contributed by atoms with Crippen LogP contribution in [0.5, 0.6) is 5.75 Å². The van der Waals surface area contributed by atoms with Gasteiger partial charge in [0, 0.05) is 28.2 Å². The zero-order valence-corrected chi connectivity index (χ0v) is 15.7. The van der Waals surface area contributed by atoms with E-state index in [1.54, 1.807) is 12.3 Å². The van der Waals surface area contributed by atoms with Crippen LogP contribution >= 0.6 is 11.6 Å². The number of nitrogens with one attached hydrogen (secondary N) is 1. The summed E-state index contributed by atoms with van der Waals surface area (Å²) in [6.45, 7) is 0.318. The summed E-state index contributed by atoms with van der Waals surface area (Å²) in [5, 5.41) is 4.68. The van der Waals surface area contributed by atoms with Crippen molar-refractivity contribution in [2.45, 2.75) is 38.3 Å². The van der Waals surface area contributed by atoms with Crippen molar-refractivity contribution in [3.8, 4) is 5.75 Å². The molecule has 0 unspecified atom stereocenters. The topological polar surface area (TPSA) is 51.2 Å². The van der Waals surface area contributed by atoms with Crippen molar-refractivity contribution in [2.24, 2.45) is 0 Å². The Kier molecular flexibility index (Phi) is 5.26. The average molecular weight is 381 g/mol. The van der Waals surface area contributed by atoms with Crippen molar-refractivity contribution in [3.63, 3.8) is 0 Å². The van der Waals surface area contributed by atoms with Crippen LogP contribution < -0.4 is 10.1 Å². The smallest absolute Gasteiger partial charge is 0.255 e. The van der Waals surface area contributed by atoms with Crippen LogP contribution in [0.15, 0.2) is 54.7 Å². The molecule has 138 valence electrons. The Morgan fingerprint density at radius 1 is 1.11 bits per heavy atom. The first kappa shape index (κ1) is 17.8. The molecular weight excluding hydrogens is 360 g/mol. The van der Waals surface area contributed by atoms with E-state index < -0.39 is 0 Å². The third-order valence-corrected chi connectivity index (χ3v) is 5.33. The van der Waals surface area contributed by atoms with E-state index in [2.05, 4.69) is 10.3 Å². The molecule has 0 atom stereocenters. The summed E-state index contributed by atoms with van der Waals surface area (Å²) in [4.78, 5) is 17.1. The Hall–Kier alpha value is -2.59. The molecule has 4 nitrogen and oxygen atoms in total. The summed E-state index contributed by atoms with van der Waals surface area (Å²) in [5.74, 6) is 0.503. The molecule has 1 aromatic heterocycles. The number of hydrogen-bond donors (Lipinski definition) is 1. The Morgan fingerprint density at radius 3 is 2.78 bits per heavy atom. The number of nitrogens with zero attached hydrogens (tertiary/aromatic N) is 1. The van der Waals surface area contributed by atoms with Gasteiger partial charge in [0.05, 0.1) is 11.1 Å². The van der Waals surface area contributed by atoms with E-state index in [0.29, 0.717) is 22.9 Å². The Bertz CT molecular complexity index is 967. The lowest BCUT2D eigenvalue weighted by atomic mass is 10.1. The summed E-state index contributed by atoms with van der Waals surface area (Å²) in [5.41, 5.74) is 2.31. The van der Waals surface area contributed by atoms with Gasteiger partial charge >= 0.3 is 0 Å². The number of carbonyl (C=O) groups excluding carboxylic acids is 1. The number of halogens is 1. The number of pyridine rings is 1. The average Bonchev–Trinajstić information content (AvgIpc) is 3.21. The molecule has 1 amide bonds. The molecule has 3 aromatic rings. The number of rotatable bonds is 5. The van der Waals surface area contributed by atoms with Gasteiger partial charge in [-0.1, -0.05) is 42.6 Å². The number of ether oxygens (including phenoxy) is 1. The van der Waals surface area contributed by atoms with Crippen molar-refractivity contribution in [2.75, 3.05) is 0 Å². The second kappa shape index (κ2) is 7.97. The first-order valence-corrected chi connectivity index (χ1v) is 9.65. The number of aromatic nitrogens is 1. The fourth-order valence-electron chi connectivity index (χ4n) is 3.58. The van der Waals surface area contributed by atoms with Crippen LogP contribution in [0.25, 0.3) is 10.9 Å². The van der Waals surface area contributed by atoms with E-state index >= 15 is 0 Å². The lowest BCUT2D eigenvalue weighted by Crippen LogP contribution is -2.32. The highest BCUT2D eigenvalue weighted by molar-refractivity contribution is 6.35. The fourth-order valence-corrected chi connectivity index (χ4v) is 3.80. The Morgan fingerprint density at radius 2 is 1.93 bits per heavy atom. The van der Waals surface area contributed by atoms with Crippen molar-refractivity contribution in [1.82, 2.24) is 10.3 Å². The molecule has 0 spiro atoms. The minimum absolute atomic E-state index is 0.0726. The van der Waals surface area contributed by atoms with E-state index in [9.17, 15) is 4.79 Å². The molecule has 1 saturated carbocycles. The second-order valence-corrected chi connectivity index (χ2v) is 7.25. The van der Waals surface area contributed by atoms with Gasteiger partial charge in [-0.3, -0.25) is 9.78 Å². The zero-order valence-electron chi connectivity index (χ0n) is 15.0. The highest BCUT2D eigenvalue weighted by atomic mass is 35.5. The third-order valence-electron chi connectivity index (χ3n) is 5.01. The van der Waals surface area contributed by atoms with Gasteiger partial charge in [0.1, 0.15) is 12.4 Å². The van der Waals surface area contributed by atoms with Crippen LogP contribution in [-0.4, -0.2) is 16.9 Å². The zero-order chi connectivity index (χ0) is 18.6. The molecule has 0 radical (unpaired) electrons. The number of benzene rings is 2. The van der Waals surface area contributed by atoms with Gasteiger partial charge in [-0.15, -0.1) is 0 Å². The molecule has 0 saturated heterocycles. The quantitative estimate of drug-likeness (QED) is 0.666. The molecule has 27 heavy (non-hydrogen) atoms. The number of para-hydroxylation sites is 1. The maximum Gasteiger partial charge on any atom is 0.255 e. The first-order chi connectivity index (χ1) is 13.2. The van der Waals surface area contributed by atoms with Crippen LogP contribution in [0.1, 0.15) is 41.6 Å². The highest BCUT2D eigenvalue weighted by Crippen LogP contribution is 2.27. The standard InChI is InChI=1S/C22H21ClN2O2/c23-19-12-11-15(21-17(19)9-5-13-24-21)14-27-20-10-4-3-8-18(20)22(26)25-16-6-1-2-7-16/h3-5,8-13,16H,1-2,6-7,14H2,(H,25,26). The van der Waals surface area contributed by atoms with Crippen molar-refractivity contribution < 1.29 is 9.53 Å². The Labute approximate surface area is 163 Å². The number of hydrogen-bond acceptors (Lipinski definition) is 3. The predicted molar refractivity (Wildman–Crippen MR) is 107 cm³/mol. The van der Waals surface area contributed by atoms with Gasteiger partial charge in [0.2, 0.25) is 0 Å². The molecule has 0 bridgehead atoms. The van der Waals surface area contributed by atoms with Crippen molar-refractivity contribution in [1.29, 1.82) is 0 Å². The monoisotopic (exact) mass is 380 g/mol. The normalized spacial score (nSPS) is 14.4. The van der Waals surface area contributed by atoms with E-state index in [1.807, 2.05) is 42.5 Å². The van der Waals surface area contributed by atoms with Crippen molar-refractivity contribution in [3.05, 3.63) is 70.9 Å². The molecule has 2 aromatic carbocycles. The minimum atomic E-state index is -0.0726. The van der Waals surface area contributed by atoms with Gasteiger partial charge in [-0.2, -0.15) is 0 Å². The van der Waals surface area contributed by atoms with Crippen LogP contribution in [-0.2, 0) is 6.61 Å². The predicted octanol–water partition coefficient (Wildman–Crippen LogP) is 5.14. The van der Waals surface area contributed by atoms with Crippen LogP contribution in [0, 0.1) is 0 Å². The lowest BCUT2D eigenvalue weighted by molar-refractivity contribution is 0.0933. The SMILES string of the molecule is O=C(NC1CCCC1)c1ccccc1OCc1ccc(Cl)c2cccnc12. The minimum Gasteiger partial charge on any atom is -0.488 e. The van der Waals surface area contributed by atoms with Crippen LogP contribution in [0.4, 0.5) is 0 Å². The molecule has 1 N–H and O–H groups in total. The molecule has 5 heteroatoms. The highest BCUT2D eigenvalue weighted by Gasteiger charge is 2.20. The number of carbonyl (C=O) groups is 1. The van der Waals surface area contributed by atoms with Gasteiger partial charge in [-0.05, 0) is 43.2 Å². The first-order valence-electron chi connectivity index (χ1n) is 9.27. The molecule has 4 rings (SSSR count). The summed E-state index contributed by atoms with van der Waals surface area (Å²) in [7, 11) is 0. The molecule has 1 fully saturated rings. The van der Waals surface area contributed by atoms with E-state index in [-0.39, 0.29) is 11.9 Å². The lowest BCUT2D eigenvalue weighted by Gasteiger charge is -2.15. The molecule has 0 aliphatic heterocycles. The van der Waals surface area contributed by atoms with E-state index in [1.165, 1.54) is 12.8 Å². The maximum atomic E-state index is 12.7. The number of fused-ring (bicyclic) bond motifs is 1. The molecular formula is C22H21ClN2O2. The summed E-state index contributed by atoms with van der Waals surface area (Å²) < 4.78 is 6.01. The third kappa shape index (κ3) is 3.91. The summed E-state index contributed by atoms with van der Waals surface area (Å²) in [6, 6.07) is 15.2. The van der Waals surface area contributed by atoms with Gasteiger partial charge in [-0.25, -0.2) is 0 Å². The molecule has 1 aliphatic rings. The van der Waals surface area contributed by atoms with Gasteiger partial charge in [0.15, 0.2) is 0 Å². The fraction of sp³-hybridized carbons (Fsp3) is 0.273. The van der Waals surface area contributed by atoms with Gasteiger partial charge < -0.3 is 10.1 Å². The van der Waals surface area contributed by atoms with Crippen LogP contribution in [0.3, 0.4) is 0 Å². The largest absolute Gasteiger partial charge is 0.488 e. The van der Waals surface area contributed by atoms with Crippen LogP contribution in [0.2, 0.25) is 5.02 Å². The second-order valence-electron chi connectivity index (χ2n) is 6.85. The van der Waals surface area contributed by atoms with Crippen molar-refractivity contribution >= 4 is 28.4 Å². The Balaban J connectivity index is 1.54. The molecule has 1 aliphatic carbocycles. The number of amides is 1. The summed E-state index contributed by atoms with van der Waals surface area (Å²) >= 11 is 6.26. The van der Waals surface area contributed by atoms with E-state index in [4.69, 9.17) is 16.3 Å². The summed E-state index contributed by atoms with van der Waals surface area (Å²) in [6.07, 6.45) is 6.21. The van der Waals surface area contributed by atoms with Gasteiger partial charge in [0.25, 0.3) is 5.91 Å². The maximum absolute atomic E-state index is 12.7. The molecule has 1 heterocycles.